The zero-order valence-corrected chi connectivity index (χ0v) is 10.2. The second kappa shape index (κ2) is 4.37. The number of aromatic hydroxyl groups is 2. The van der Waals surface area contributed by atoms with Gasteiger partial charge in [0.15, 0.2) is 0 Å². The molecule has 6 rings (SSSR count). The highest BCUT2D eigenvalue weighted by Gasteiger charge is 2.10. The summed E-state index contributed by atoms with van der Waals surface area (Å²) in [5.41, 5.74) is 4.17. The standard InChI is InChI=1S/C16H16O2/c17-15-10-14-8-6-12-2-1-11(3-4-12)5-7-13(15)9-16(14)18/h1-4,9-10,17-18H,5-8H2. The number of phenolic OH excluding ortho intramolecular Hbond substituents is 2. The summed E-state index contributed by atoms with van der Waals surface area (Å²) in [4.78, 5) is 0. The van der Waals surface area contributed by atoms with Gasteiger partial charge in [0.1, 0.15) is 11.5 Å². The van der Waals surface area contributed by atoms with Crippen LogP contribution in [-0.2, 0) is 25.7 Å². The molecule has 2 aromatic carbocycles. The lowest BCUT2D eigenvalue weighted by Gasteiger charge is -2.12. The fourth-order valence-corrected chi connectivity index (χ4v) is 2.49. The van der Waals surface area contributed by atoms with Gasteiger partial charge in [-0.15, -0.1) is 0 Å². The molecule has 18 heavy (non-hydrogen) atoms. The molecule has 0 radical (unpaired) electrons. The van der Waals surface area contributed by atoms with E-state index in [1.165, 1.54) is 11.1 Å². The van der Waals surface area contributed by atoms with E-state index in [1.807, 2.05) is 0 Å². The molecule has 0 spiro atoms. The average molecular weight is 240 g/mol. The summed E-state index contributed by atoms with van der Waals surface area (Å²) in [6, 6.07) is 12.0. The average Bonchev–Trinajstić information content (AvgIpc) is 2.37. The monoisotopic (exact) mass is 240 g/mol. The van der Waals surface area contributed by atoms with Crippen LogP contribution in [0.5, 0.6) is 11.5 Å². The summed E-state index contributed by atoms with van der Waals surface area (Å²) in [5, 5.41) is 19.9. The predicted octanol–water partition coefficient (Wildman–Crippen LogP) is 2.98. The lowest BCUT2D eigenvalue weighted by molar-refractivity contribution is 0.448. The Hall–Kier alpha value is -1.96. The predicted molar refractivity (Wildman–Crippen MR) is 71.0 cm³/mol. The molecule has 0 saturated carbocycles. The number of aryl methyl sites for hydroxylation is 4. The van der Waals surface area contributed by atoms with Gasteiger partial charge in [0.05, 0.1) is 0 Å². The van der Waals surface area contributed by atoms with E-state index in [-0.39, 0.29) is 0 Å². The molecule has 92 valence electrons. The molecule has 0 heterocycles. The van der Waals surface area contributed by atoms with Crippen LogP contribution in [0.3, 0.4) is 0 Å². The largest absolute Gasteiger partial charge is 0.508 e. The quantitative estimate of drug-likeness (QED) is 0.695. The highest BCUT2D eigenvalue weighted by Crippen LogP contribution is 2.30. The van der Waals surface area contributed by atoms with E-state index in [0.717, 1.165) is 36.8 Å². The van der Waals surface area contributed by atoms with Crippen molar-refractivity contribution in [3.05, 3.63) is 58.7 Å². The maximum absolute atomic E-state index is 9.97. The zero-order valence-electron chi connectivity index (χ0n) is 10.2. The Morgan fingerprint density at radius 2 is 1.00 bits per heavy atom. The van der Waals surface area contributed by atoms with Gasteiger partial charge in [-0.25, -0.2) is 0 Å². The topological polar surface area (TPSA) is 40.5 Å². The molecule has 0 fully saturated rings. The Balaban J connectivity index is 2.05. The Labute approximate surface area is 107 Å². The van der Waals surface area contributed by atoms with Crippen molar-refractivity contribution in [2.24, 2.45) is 0 Å². The van der Waals surface area contributed by atoms with Crippen LogP contribution in [0, 0.1) is 0 Å². The van der Waals surface area contributed by atoms with Gasteiger partial charge in [-0.2, -0.15) is 0 Å². The van der Waals surface area contributed by atoms with Crippen LogP contribution in [0.2, 0.25) is 0 Å². The molecule has 0 aliphatic heterocycles. The first-order valence-corrected chi connectivity index (χ1v) is 6.34. The second-order valence-corrected chi connectivity index (χ2v) is 4.93. The van der Waals surface area contributed by atoms with Crippen molar-refractivity contribution in [1.82, 2.24) is 0 Å². The van der Waals surface area contributed by atoms with Crippen LogP contribution >= 0.6 is 0 Å². The first-order chi connectivity index (χ1) is 8.72. The van der Waals surface area contributed by atoms with Gasteiger partial charge in [-0.1, -0.05) is 24.3 Å². The Morgan fingerprint density at radius 1 is 0.611 bits per heavy atom. The van der Waals surface area contributed by atoms with Crippen LogP contribution in [-0.4, -0.2) is 10.2 Å². The minimum Gasteiger partial charge on any atom is -0.508 e. The third kappa shape index (κ3) is 2.06. The summed E-state index contributed by atoms with van der Waals surface area (Å²) >= 11 is 0. The summed E-state index contributed by atoms with van der Waals surface area (Å²) in [7, 11) is 0. The van der Waals surface area contributed by atoms with E-state index in [1.54, 1.807) is 12.1 Å². The number of benzene rings is 2. The minimum atomic E-state index is 0.304. The molecule has 4 aliphatic carbocycles. The minimum absolute atomic E-state index is 0.304. The third-order valence-corrected chi connectivity index (χ3v) is 3.67. The molecule has 2 nitrogen and oxygen atoms in total. The van der Waals surface area contributed by atoms with E-state index in [2.05, 4.69) is 24.3 Å². The fraction of sp³-hybridized carbons (Fsp3) is 0.250. The number of rotatable bonds is 0. The molecule has 4 aliphatic rings. The molecule has 4 bridgehead atoms. The fourth-order valence-electron chi connectivity index (χ4n) is 2.49. The van der Waals surface area contributed by atoms with Gasteiger partial charge < -0.3 is 10.2 Å². The summed E-state index contributed by atoms with van der Waals surface area (Å²) < 4.78 is 0. The SMILES string of the molecule is Oc1cc2c(O)cc1CCc1ccc(cc1)CC2. The molecule has 2 aromatic rings. The molecule has 0 atom stereocenters. The van der Waals surface area contributed by atoms with E-state index < -0.39 is 0 Å². The number of hydrogen-bond acceptors (Lipinski definition) is 2. The maximum Gasteiger partial charge on any atom is 0.119 e. The summed E-state index contributed by atoms with van der Waals surface area (Å²) in [5.74, 6) is 0.607. The first kappa shape index (κ1) is 11.1. The Bertz CT molecular complexity index is 518. The number of hydrogen-bond donors (Lipinski definition) is 2. The van der Waals surface area contributed by atoms with Crippen molar-refractivity contribution in [2.45, 2.75) is 25.7 Å². The lowest BCUT2D eigenvalue weighted by Crippen LogP contribution is -1.98. The highest BCUT2D eigenvalue weighted by atomic mass is 16.3. The van der Waals surface area contributed by atoms with E-state index in [0.29, 0.717) is 11.5 Å². The molecular formula is C16H16O2. The molecule has 0 aromatic heterocycles. The van der Waals surface area contributed by atoms with Crippen LogP contribution in [0.1, 0.15) is 22.3 Å². The smallest absolute Gasteiger partial charge is 0.119 e. The lowest BCUT2D eigenvalue weighted by atomic mass is 9.95. The van der Waals surface area contributed by atoms with Crippen molar-refractivity contribution < 1.29 is 10.2 Å². The summed E-state index contributed by atoms with van der Waals surface area (Å²) in [6.07, 6.45) is 3.26. The van der Waals surface area contributed by atoms with Crippen LogP contribution in [0.4, 0.5) is 0 Å². The van der Waals surface area contributed by atoms with Crippen molar-refractivity contribution in [3.8, 4) is 11.5 Å². The van der Waals surface area contributed by atoms with Crippen LogP contribution < -0.4 is 0 Å². The van der Waals surface area contributed by atoms with Gasteiger partial charge in [-0.05, 0) is 60.1 Å². The molecule has 0 saturated heterocycles. The Kier molecular flexibility index (Phi) is 2.71. The first-order valence-electron chi connectivity index (χ1n) is 6.34. The van der Waals surface area contributed by atoms with E-state index >= 15 is 0 Å². The molecule has 0 amide bonds. The van der Waals surface area contributed by atoms with Crippen molar-refractivity contribution in [3.63, 3.8) is 0 Å². The highest BCUT2D eigenvalue weighted by molar-refractivity contribution is 5.46. The summed E-state index contributed by atoms with van der Waals surface area (Å²) in [6.45, 7) is 0. The molecule has 2 heteroatoms. The van der Waals surface area contributed by atoms with Crippen LogP contribution in [0.15, 0.2) is 36.4 Å². The van der Waals surface area contributed by atoms with Gasteiger partial charge >= 0.3 is 0 Å². The third-order valence-electron chi connectivity index (χ3n) is 3.67. The van der Waals surface area contributed by atoms with Gasteiger partial charge in [0.25, 0.3) is 0 Å². The van der Waals surface area contributed by atoms with Gasteiger partial charge in [0.2, 0.25) is 0 Å². The van der Waals surface area contributed by atoms with Crippen LogP contribution in [0.25, 0.3) is 0 Å². The number of phenols is 2. The molecule has 0 unspecified atom stereocenters. The van der Waals surface area contributed by atoms with Crippen molar-refractivity contribution in [2.75, 3.05) is 0 Å². The normalized spacial score (nSPS) is 14.2. The van der Waals surface area contributed by atoms with Crippen molar-refractivity contribution >= 4 is 0 Å². The maximum atomic E-state index is 9.97. The Morgan fingerprint density at radius 3 is 1.39 bits per heavy atom. The van der Waals surface area contributed by atoms with E-state index in [4.69, 9.17) is 0 Å². The zero-order chi connectivity index (χ0) is 12.5. The molecular weight excluding hydrogens is 224 g/mol. The molecule has 2 N–H and O–H groups in total. The van der Waals surface area contributed by atoms with Gasteiger partial charge in [-0.3, -0.25) is 0 Å². The second-order valence-electron chi connectivity index (χ2n) is 4.93. The van der Waals surface area contributed by atoms with Crippen molar-refractivity contribution in [1.29, 1.82) is 0 Å². The van der Waals surface area contributed by atoms with E-state index in [9.17, 15) is 10.2 Å². The van der Waals surface area contributed by atoms with Gasteiger partial charge in [0, 0.05) is 0 Å².